The molecule has 1 aliphatic rings. The number of thiocarbonyl (C=S) groups is 1. The number of carbonyl (C=O) groups is 4. The Kier molecular flexibility index (Phi) is 16.8. The lowest BCUT2D eigenvalue weighted by Crippen LogP contribution is -2.65. The van der Waals surface area contributed by atoms with Gasteiger partial charge in [0.1, 0.15) is 23.6 Å². The van der Waals surface area contributed by atoms with Crippen molar-refractivity contribution in [2.24, 2.45) is 17.1 Å². The van der Waals surface area contributed by atoms with Gasteiger partial charge in [-0.05, 0) is 57.4 Å². The molecule has 1 fully saturated rings. The fourth-order valence-electron chi connectivity index (χ4n) is 6.14. The molecule has 1 aromatic carbocycles. The van der Waals surface area contributed by atoms with E-state index in [4.69, 9.17) is 22.7 Å². The van der Waals surface area contributed by atoms with Crippen molar-refractivity contribution in [2.75, 3.05) is 46.3 Å². The molecular formula is C37H62N6O5S. The van der Waals surface area contributed by atoms with E-state index in [1.54, 1.807) is 24.3 Å². The first-order valence-corrected chi connectivity index (χ1v) is 18.2. The Morgan fingerprint density at radius 3 is 2.22 bits per heavy atom. The zero-order valence-corrected chi connectivity index (χ0v) is 32.0. The zero-order valence-electron chi connectivity index (χ0n) is 31.2. The first-order valence-electron chi connectivity index (χ1n) is 17.8. The van der Waals surface area contributed by atoms with Crippen LogP contribution in [0.5, 0.6) is 5.75 Å². The number of likely N-dealkylation sites (N-methyl/N-ethyl adjacent to an activating group) is 1. The Balaban J connectivity index is 2.22. The van der Waals surface area contributed by atoms with E-state index in [0.717, 1.165) is 57.3 Å². The molecule has 0 aromatic heterocycles. The predicted octanol–water partition coefficient (Wildman–Crippen LogP) is 3.62. The lowest BCUT2D eigenvalue weighted by Gasteiger charge is -2.41. The van der Waals surface area contributed by atoms with E-state index in [1.165, 1.54) is 0 Å². The van der Waals surface area contributed by atoms with Gasteiger partial charge in [-0.3, -0.25) is 19.3 Å². The third-order valence-electron chi connectivity index (χ3n) is 9.67. The van der Waals surface area contributed by atoms with Crippen molar-refractivity contribution < 1.29 is 23.9 Å². The average molecular weight is 703 g/mol. The molecule has 2 amide bonds. The number of nitrogens with one attached hydrogen (secondary N) is 3. The number of ether oxygens (including phenoxy) is 1. The summed E-state index contributed by atoms with van der Waals surface area (Å²) in [5, 5.41) is 9.48. The van der Waals surface area contributed by atoms with Crippen molar-refractivity contribution in [1.82, 2.24) is 25.8 Å². The van der Waals surface area contributed by atoms with Crippen LogP contribution < -0.4 is 26.4 Å². The molecule has 0 saturated carbocycles. The Morgan fingerprint density at radius 1 is 1.04 bits per heavy atom. The number of piperazine rings is 1. The topological polar surface area (TPSA) is 146 Å². The molecular weight excluding hydrogens is 641 g/mol. The van der Waals surface area contributed by atoms with Gasteiger partial charge in [0.05, 0.1) is 11.5 Å². The average Bonchev–Trinajstić information content (AvgIpc) is 3.03. The highest BCUT2D eigenvalue weighted by Gasteiger charge is 2.41. The molecule has 0 spiro atoms. The molecule has 1 aromatic rings. The number of hydrogen-bond donors (Lipinski definition) is 4. The molecule has 3 unspecified atom stereocenters. The number of rotatable bonds is 21. The van der Waals surface area contributed by atoms with Gasteiger partial charge in [0, 0.05) is 56.5 Å². The van der Waals surface area contributed by atoms with E-state index in [9.17, 15) is 19.2 Å². The van der Waals surface area contributed by atoms with Crippen molar-refractivity contribution >= 4 is 41.3 Å². The van der Waals surface area contributed by atoms with Crippen molar-refractivity contribution in [1.29, 1.82) is 0 Å². The summed E-state index contributed by atoms with van der Waals surface area (Å²) >= 11 is 5.28. The summed E-state index contributed by atoms with van der Waals surface area (Å²) in [5.41, 5.74) is 4.66. The molecule has 1 heterocycles. The Bertz CT molecular complexity index is 1250. The highest BCUT2D eigenvalue weighted by Crippen LogP contribution is 2.29. The van der Waals surface area contributed by atoms with E-state index >= 15 is 0 Å². The molecule has 49 heavy (non-hydrogen) atoms. The molecule has 2 rings (SSSR count). The first-order chi connectivity index (χ1) is 23.0. The molecule has 0 aliphatic carbocycles. The van der Waals surface area contributed by atoms with Crippen molar-refractivity contribution in [3.63, 3.8) is 0 Å². The summed E-state index contributed by atoms with van der Waals surface area (Å²) in [6, 6.07) is 6.05. The predicted molar refractivity (Wildman–Crippen MR) is 199 cm³/mol. The maximum atomic E-state index is 14.0. The number of unbranched alkanes of at least 4 members (excludes halogenated alkanes) is 2. The largest absolute Gasteiger partial charge is 0.426 e. The van der Waals surface area contributed by atoms with Crippen LogP contribution in [0.15, 0.2) is 24.3 Å². The number of carbonyl (C=O) groups excluding carboxylic acids is 4. The summed E-state index contributed by atoms with van der Waals surface area (Å²) in [6.45, 7) is 17.9. The van der Waals surface area contributed by atoms with Crippen LogP contribution in [0.25, 0.3) is 0 Å². The summed E-state index contributed by atoms with van der Waals surface area (Å²) in [5.74, 6) is -0.780. The third-order valence-corrected chi connectivity index (χ3v) is 10.2. The van der Waals surface area contributed by atoms with Gasteiger partial charge in [0.15, 0.2) is 0 Å². The molecule has 0 bridgehead atoms. The number of benzene rings is 1. The number of esters is 1. The van der Waals surface area contributed by atoms with Crippen molar-refractivity contribution in [3.8, 4) is 5.75 Å². The number of aldehydes is 1. The van der Waals surface area contributed by atoms with E-state index in [2.05, 4.69) is 39.7 Å². The SMILES string of the molecule is CCCCCC(=O)NC(Cc1ccc(OC(=O)CN2CCN(C)CC2)cc1)C(=O)NC(C=O)(CNC(C)(C)CC(C)(C)C(N)=S)C(C)CC. The van der Waals surface area contributed by atoms with Crippen LogP contribution in [0.2, 0.25) is 0 Å². The van der Waals surface area contributed by atoms with Crippen LogP contribution >= 0.6 is 12.2 Å². The van der Waals surface area contributed by atoms with Crippen LogP contribution in [0.4, 0.5) is 0 Å². The Morgan fingerprint density at radius 2 is 1.67 bits per heavy atom. The van der Waals surface area contributed by atoms with Gasteiger partial charge in [-0.1, -0.05) is 78.2 Å². The lowest BCUT2D eigenvalue weighted by atomic mass is 9.78. The number of amides is 2. The van der Waals surface area contributed by atoms with Crippen LogP contribution in [-0.4, -0.2) is 102 Å². The van der Waals surface area contributed by atoms with Crippen molar-refractivity contribution in [3.05, 3.63) is 29.8 Å². The minimum absolute atomic E-state index is 0.184. The molecule has 5 N–H and O–H groups in total. The molecule has 1 saturated heterocycles. The molecule has 276 valence electrons. The van der Waals surface area contributed by atoms with Gasteiger partial charge in [-0.2, -0.15) is 0 Å². The zero-order chi connectivity index (χ0) is 36.8. The summed E-state index contributed by atoms with van der Waals surface area (Å²) in [4.78, 5) is 57.2. The standard InChI is InChI=1S/C37H62N6O5S/c1-9-11-12-13-31(45)40-30(22-28-14-16-29(17-15-28)48-32(46)23-43-20-18-42(8)19-21-43)33(47)41-37(26-44,27(3)10-2)25-39-36(6,7)24-35(4,5)34(38)49/h14-17,26-27,30,39H,9-13,18-25H2,1-8H3,(H2,38,49)(H,40,45)(H,41,47). The first kappa shape index (κ1) is 42.2. The second kappa shape index (κ2) is 19.5. The summed E-state index contributed by atoms with van der Waals surface area (Å²) < 4.78 is 5.58. The molecule has 11 nitrogen and oxygen atoms in total. The highest BCUT2D eigenvalue weighted by atomic mass is 32.1. The number of hydrogen-bond acceptors (Lipinski definition) is 9. The number of nitrogens with zero attached hydrogens (tertiary/aromatic N) is 2. The Hall–Kier alpha value is -2.93. The smallest absolute Gasteiger partial charge is 0.325 e. The van der Waals surface area contributed by atoms with Gasteiger partial charge in [-0.25, -0.2) is 0 Å². The fourth-order valence-corrected chi connectivity index (χ4v) is 6.21. The van der Waals surface area contributed by atoms with Crippen LogP contribution in [-0.2, 0) is 25.6 Å². The van der Waals surface area contributed by atoms with E-state index < -0.39 is 28.4 Å². The minimum atomic E-state index is -1.23. The van der Waals surface area contributed by atoms with Gasteiger partial charge in [0.25, 0.3) is 0 Å². The quantitative estimate of drug-likeness (QED) is 0.0493. The van der Waals surface area contributed by atoms with Crippen LogP contribution in [0, 0.1) is 11.3 Å². The van der Waals surface area contributed by atoms with Crippen molar-refractivity contribution in [2.45, 2.75) is 111 Å². The van der Waals surface area contributed by atoms with Gasteiger partial charge < -0.3 is 36.1 Å². The monoisotopic (exact) mass is 702 g/mol. The molecule has 12 heteroatoms. The van der Waals surface area contributed by atoms with E-state index in [-0.39, 0.29) is 37.3 Å². The van der Waals surface area contributed by atoms with Gasteiger partial charge >= 0.3 is 5.97 Å². The second-order valence-electron chi connectivity index (χ2n) is 15.1. The van der Waals surface area contributed by atoms with E-state index in [1.807, 2.05) is 41.5 Å². The summed E-state index contributed by atoms with van der Waals surface area (Å²) in [6.07, 6.45) is 5.17. The molecule has 3 atom stereocenters. The van der Waals surface area contributed by atoms with Gasteiger partial charge in [-0.15, -0.1) is 0 Å². The maximum Gasteiger partial charge on any atom is 0.325 e. The molecule has 1 aliphatic heterocycles. The van der Waals surface area contributed by atoms with Crippen LogP contribution in [0.1, 0.15) is 92.6 Å². The van der Waals surface area contributed by atoms with Gasteiger partial charge in [0.2, 0.25) is 11.8 Å². The fraction of sp³-hybridized carbons (Fsp3) is 0.703. The summed E-state index contributed by atoms with van der Waals surface area (Å²) in [7, 11) is 2.06. The third kappa shape index (κ3) is 14.1. The normalized spacial score (nSPS) is 17.0. The number of nitrogens with two attached hydrogens (primary N) is 1. The maximum absolute atomic E-state index is 14.0. The minimum Gasteiger partial charge on any atom is -0.426 e. The molecule has 0 radical (unpaired) electrons. The van der Waals surface area contributed by atoms with Crippen LogP contribution in [0.3, 0.4) is 0 Å². The highest BCUT2D eigenvalue weighted by molar-refractivity contribution is 7.80. The van der Waals surface area contributed by atoms with E-state index in [0.29, 0.717) is 30.0 Å². The Labute approximate surface area is 299 Å². The second-order valence-corrected chi connectivity index (χ2v) is 15.5. The lowest BCUT2D eigenvalue weighted by molar-refractivity contribution is -0.136.